The van der Waals surface area contributed by atoms with Crippen molar-refractivity contribution in [3.8, 4) is 11.4 Å². The highest BCUT2D eigenvalue weighted by Gasteiger charge is 2.23. The molecule has 2 N–H and O–H groups in total. The molecule has 1 atom stereocenters. The fourth-order valence-corrected chi connectivity index (χ4v) is 3.40. The molecule has 0 amide bonds. The molecule has 0 unspecified atom stereocenters. The molecule has 0 aliphatic carbocycles. The molecule has 1 aliphatic heterocycles. The van der Waals surface area contributed by atoms with Crippen LogP contribution in [0.3, 0.4) is 0 Å². The first-order valence-corrected chi connectivity index (χ1v) is 9.34. The van der Waals surface area contributed by atoms with Crippen LogP contribution >= 0.6 is 0 Å². The van der Waals surface area contributed by atoms with Gasteiger partial charge < -0.3 is 15.2 Å². The molecular weight excluding hydrogens is 338 g/mol. The van der Waals surface area contributed by atoms with E-state index in [4.69, 9.17) is 0 Å². The summed E-state index contributed by atoms with van der Waals surface area (Å²) in [5.41, 5.74) is 2.63. The van der Waals surface area contributed by atoms with Crippen molar-refractivity contribution in [2.75, 3.05) is 23.3 Å². The number of hydrogen-bond acceptors (Lipinski definition) is 5. The highest BCUT2D eigenvalue weighted by molar-refractivity contribution is 5.57. The first-order valence-electron chi connectivity index (χ1n) is 9.34. The number of nitrogens with zero attached hydrogens (tertiary/aromatic N) is 3. The third-order valence-electron chi connectivity index (χ3n) is 4.84. The van der Waals surface area contributed by atoms with Gasteiger partial charge in [-0.15, -0.1) is 0 Å². The average Bonchev–Trinajstić information content (AvgIpc) is 3.17. The molecule has 0 spiro atoms. The minimum absolute atomic E-state index is 0.129. The van der Waals surface area contributed by atoms with Crippen LogP contribution < -0.4 is 15.8 Å². The molecule has 3 aromatic rings. The van der Waals surface area contributed by atoms with Gasteiger partial charge in [-0.3, -0.25) is 4.79 Å². The number of rotatable bonds is 5. The van der Waals surface area contributed by atoms with Gasteiger partial charge in [0.2, 0.25) is 0 Å². The zero-order valence-electron chi connectivity index (χ0n) is 15.4. The summed E-state index contributed by atoms with van der Waals surface area (Å²) >= 11 is 0. The number of aromatic amines is 1. The lowest BCUT2D eigenvalue weighted by atomic mass is 10.2. The Kier molecular flexibility index (Phi) is 4.87. The van der Waals surface area contributed by atoms with E-state index in [9.17, 15) is 4.79 Å². The van der Waals surface area contributed by atoms with Crippen LogP contribution in [0, 0.1) is 0 Å². The lowest BCUT2D eigenvalue weighted by molar-refractivity contribution is 0.806. The lowest BCUT2D eigenvalue weighted by Gasteiger charge is -2.18. The number of pyridine rings is 1. The average molecular weight is 361 g/mol. The maximum Gasteiger partial charge on any atom is 0.251 e. The molecule has 27 heavy (non-hydrogen) atoms. The maximum atomic E-state index is 11.8. The van der Waals surface area contributed by atoms with Gasteiger partial charge in [-0.05, 0) is 37.1 Å². The molecule has 138 valence electrons. The molecule has 4 rings (SSSR count). The van der Waals surface area contributed by atoms with Crippen molar-refractivity contribution >= 4 is 11.5 Å². The van der Waals surface area contributed by atoms with E-state index >= 15 is 0 Å². The van der Waals surface area contributed by atoms with Crippen LogP contribution in [-0.2, 0) is 6.42 Å². The molecule has 1 fully saturated rings. The van der Waals surface area contributed by atoms with Crippen molar-refractivity contribution in [3.63, 3.8) is 0 Å². The Morgan fingerprint density at radius 1 is 1.22 bits per heavy atom. The summed E-state index contributed by atoms with van der Waals surface area (Å²) in [7, 11) is 0. The van der Waals surface area contributed by atoms with Crippen LogP contribution in [-0.4, -0.2) is 34.1 Å². The summed E-state index contributed by atoms with van der Waals surface area (Å²) in [6.07, 6.45) is 3.59. The van der Waals surface area contributed by atoms with Crippen molar-refractivity contribution in [2.45, 2.75) is 25.8 Å². The molecule has 2 aromatic heterocycles. The van der Waals surface area contributed by atoms with E-state index < -0.39 is 0 Å². The molecule has 3 heterocycles. The van der Waals surface area contributed by atoms with Crippen molar-refractivity contribution in [2.24, 2.45) is 0 Å². The Bertz CT molecular complexity index is 952. The number of aryl methyl sites for hydroxylation is 1. The highest BCUT2D eigenvalue weighted by atomic mass is 16.1. The predicted octanol–water partition coefficient (Wildman–Crippen LogP) is 3.09. The molecule has 1 aromatic carbocycles. The summed E-state index contributed by atoms with van der Waals surface area (Å²) in [4.78, 5) is 25.9. The van der Waals surface area contributed by atoms with Crippen molar-refractivity contribution < 1.29 is 0 Å². The van der Waals surface area contributed by atoms with Gasteiger partial charge in [-0.25, -0.2) is 9.97 Å². The summed E-state index contributed by atoms with van der Waals surface area (Å²) < 4.78 is 0. The Hall–Kier alpha value is -3.15. The number of para-hydroxylation sites is 1. The van der Waals surface area contributed by atoms with Gasteiger partial charge in [0.15, 0.2) is 0 Å². The minimum atomic E-state index is -0.129. The van der Waals surface area contributed by atoms with Gasteiger partial charge in [0, 0.05) is 48.3 Å². The van der Waals surface area contributed by atoms with Gasteiger partial charge in [-0.1, -0.05) is 25.1 Å². The zero-order chi connectivity index (χ0) is 18.6. The summed E-state index contributed by atoms with van der Waals surface area (Å²) in [6.45, 7) is 3.87. The number of benzene rings is 1. The summed E-state index contributed by atoms with van der Waals surface area (Å²) in [5, 5.41) is 3.58. The topological polar surface area (TPSA) is 73.9 Å². The van der Waals surface area contributed by atoms with E-state index in [0.29, 0.717) is 11.9 Å². The van der Waals surface area contributed by atoms with Gasteiger partial charge >= 0.3 is 0 Å². The summed E-state index contributed by atoms with van der Waals surface area (Å²) in [5.74, 6) is 1.52. The van der Waals surface area contributed by atoms with Crippen molar-refractivity contribution in [3.05, 3.63) is 70.8 Å². The molecule has 0 saturated carbocycles. The van der Waals surface area contributed by atoms with Gasteiger partial charge in [-0.2, -0.15) is 0 Å². The second-order valence-corrected chi connectivity index (χ2v) is 6.79. The van der Waals surface area contributed by atoms with Crippen molar-refractivity contribution in [1.29, 1.82) is 0 Å². The fourth-order valence-electron chi connectivity index (χ4n) is 3.40. The van der Waals surface area contributed by atoms with E-state index in [-0.39, 0.29) is 5.56 Å². The van der Waals surface area contributed by atoms with E-state index in [1.54, 1.807) is 6.20 Å². The van der Waals surface area contributed by atoms with Gasteiger partial charge in [0.05, 0.1) is 0 Å². The quantitative estimate of drug-likeness (QED) is 0.730. The summed E-state index contributed by atoms with van der Waals surface area (Å²) in [6, 6.07) is 16.2. The predicted molar refractivity (Wildman–Crippen MR) is 108 cm³/mol. The van der Waals surface area contributed by atoms with Crippen LogP contribution in [0.1, 0.15) is 19.0 Å². The molecule has 1 saturated heterocycles. The standard InChI is InChI=1S/C21H23N5O/c1-2-16-12-20(27)25-21(24-16)15-8-9-19(22-13-15)26-11-10-18(14-26)23-17-6-4-3-5-7-17/h3-9,12-13,18,23H,2,10-11,14H2,1H3,(H,24,25,27)/t18-/m1/s1. The Labute approximate surface area is 158 Å². The molecule has 6 heteroatoms. The third-order valence-corrected chi connectivity index (χ3v) is 4.84. The van der Waals surface area contributed by atoms with E-state index in [2.05, 4.69) is 37.3 Å². The second kappa shape index (κ2) is 7.61. The Morgan fingerprint density at radius 3 is 2.81 bits per heavy atom. The largest absolute Gasteiger partial charge is 0.380 e. The highest BCUT2D eigenvalue weighted by Crippen LogP contribution is 2.22. The molecule has 6 nitrogen and oxygen atoms in total. The SMILES string of the molecule is CCc1cc(=O)[nH]c(-c2ccc(N3CC[C@@H](Nc4ccccc4)C3)nc2)n1. The van der Waals surface area contributed by atoms with Crippen LogP contribution in [0.5, 0.6) is 0 Å². The zero-order valence-corrected chi connectivity index (χ0v) is 15.4. The number of H-pyrrole nitrogens is 1. The molecule has 0 radical (unpaired) electrons. The van der Waals surface area contributed by atoms with Crippen LogP contribution in [0.25, 0.3) is 11.4 Å². The van der Waals surface area contributed by atoms with E-state index in [1.165, 1.54) is 6.07 Å². The molecular formula is C21H23N5O. The normalized spacial score (nSPS) is 16.5. The van der Waals surface area contributed by atoms with E-state index in [0.717, 1.165) is 48.7 Å². The van der Waals surface area contributed by atoms with Gasteiger partial charge in [0.25, 0.3) is 5.56 Å². The van der Waals surface area contributed by atoms with Crippen LogP contribution in [0.2, 0.25) is 0 Å². The van der Waals surface area contributed by atoms with Crippen LogP contribution in [0.4, 0.5) is 11.5 Å². The number of aromatic nitrogens is 3. The fraction of sp³-hybridized carbons (Fsp3) is 0.286. The number of nitrogens with one attached hydrogen (secondary N) is 2. The minimum Gasteiger partial charge on any atom is -0.380 e. The Balaban J connectivity index is 1.45. The maximum absolute atomic E-state index is 11.8. The number of anilines is 2. The number of hydrogen-bond donors (Lipinski definition) is 2. The smallest absolute Gasteiger partial charge is 0.251 e. The van der Waals surface area contributed by atoms with E-state index in [1.807, 2.05) is 37.3 Å². The first-order chi connectivity index (χ1) is 13.2. The molecule has 0 bridgehead atoms. The monoisotopic (exact) mass is 361 g/mol. The van der Waals surface area contributed by atoms with Gasteiger partial charge in [0.1, 0.15) is 11.6 Å². The van der Waals surface area contributed by atoms with Crippen molar-refractivity contribution in [1.82, 2.24) is 15.0 Å². The second-order valence-electron chi connectivity index (χ2n) is 6.79. The lowest BCUT2D eigenvalue weighted by Crippen LogP contribution is -2.26. The van der Waals surface area contributed by atoms with Crippen LogP contribution in [0.15, 0.2) is 59.5 Å². The third kappa shape index (κ3) is 4.00. The molecule has 1 aliphatic rings. The Morgan fingerprint density at radius 2 is 2.07 bits per heavy atom. The first kappa shape index (κ1) is 17.3.